The maximum atomic E-state index is 11.4. The first-order valence-corrected chi connectivity index (χ1v) is 7.62. The highest BCUT2D eigenvalue weighted by molar-refractivity contribution is 5.93. The molecule has 1 heterocycles. The summed E-state index contributed by atoms with van der Waals surface area (Å²) >= 11 is 0. The number of hydrogen-bond donors (Lipinski definition) is 2. The zero-order chi connectivity index (χ0) is 13.9. The lowest BCUT2D eigenvalue weighted by Crippen LogP contribution is -2.34. The molecule has 1 aliphatic heterocycles. The molecule has 1 saturated carbocycles. The molecule has 1 amide bonds. The van der Waals surface area contributed by atoms with Crippen LogP contribution in [0.5, 0.6) is 0 Å². The van der Waals surface area contributed by atoms with Crippen molar-refractivity contribution in [2.75, 3.05) is 6.54 Å². The van der Waals surface area contributed by atoms with Crippen molar-refractivity contribution in [2.24, 2.45) is 11.8 Å². The summed E-state index contributed by atoms with van der Waals surface area (Å²) in [6.45, 7) is 2.23. The van der Waals surface area contributed by atoms with Crippen molar-refractivity contribution in [3.8, 4) is 0 Å². The maximum absolute atomic E-state index is 11.4. The molecule has 1 aromatic carbocycles. The second-order valence-electron chi connectivity index (χ2n) is 6.04. The number of hydrogen-bond acceptors (Lipinski definition) is 3. The molecule has 1 aliphatic carbocycles. The van der Waals surface area contributed by atoms with Crippen LogP contribution in [-0.2, 0) is 6.54 Å². The molecular formula is C16H23N3O. The number of carbonyl (C=O) groups is 1. The number of nitrogens with zero attached hydrogens (tertiary/aromatic N) is 1. The number of nitrogens with two attached hydrogens (primary N) is 1. The Morgan fingerprint density at radius 2 is 1.95 bits per heavy atom. The average molecular weight is 273 g/mol. The minimum absolute atomic E-state index is 0.231. The van der Waals surface area contributed by atoms with E-state index in [1.807, 2.05) is 24.3 Å². The predicted molar refractivity (Wildman–Crippen MR) is 78.9 cm³/mol. The van der Waals surface area contributed by atoms with Gasteiger partial charge < -0.3 is 0 Å². The smallest absolute Gasteiger partial charge is 0.265 e. The molecule has 4 heteroatoms. The quantitative estimate of drug-likeness (QED) is 0.503. The summed E-state index contributed by atoms with van der Waals surface area (Å²) in [5.41, 5.74) is 4.06. The Morgan fingerprint density at radius 1 is 1.20 bits per heavy atom. The molecule has 2 unspecified atom stereocenters. The number of fused-ring (bicyclic) bond motifs is 1. The minimum atomic E-state index is -0.231. The summed E-state index contributed by atoms with van der Waals surface area (Å²) in [7, 11) is 0. The first kappa shape index (κ1) is 13.6. The van der Waals surface area contributed by atoms with Gasteiger partial charge in [-0.2, -0.15) is 0 Å². The van der Waals surface area contributed by atoms with Crippen LogP contribution in [0.15, 0.2) is 24.3 Å². The fourth-order valence-corrected chi connectivity index (χ4v) is 3.78. The largest absolute Gasteiger partial charge is 0.296 e. The van der Waals surface area contributed by atoms with E-state index in [0.29, 0.717) is 5.56 Å². The van der Waals surface area contributed by atoms with E-state index in [9.17, 15) is 4.79 Å². The van der Waals surface area contributed by atoms with Gasteiger partial charge in [-0.05, 0) is 49.4 Å². The van der Waals surface area contributed by atoms with E-state index in [1.54, 1.807) is 0 Å². The number of rotatable bonds is 3. The van der Waals surface area contributed by atoms with Crippen LogP contribution in [0, 0.1) is 5.92 Å². The van der Waals surface area contributed by atoms with Gasteiger partial charge in [-0.3, -0.25) is 15.1 Å². The summed E-state index contributed by atoms with van der Waals surface area (Å²) in [5, 5.41) is 0. The van der Waals surface area contributed by atoms with Gasteiger partial charge in [0, 0.05) is 18.2 Å². The van der Waals surface area contributed by atoms with Crippen LogP contribution >= 0.6 is 0 Å². The molecule has 0 bridgehead atoms. The van der Waals surface area contributed by atoms with Gasteiger partial charge >= 0.3 is 0 Å². The monoisotopic (exact) mass is 273 g/mol. The Balaban J connectivity index is 1.64. The van der Waals surface area contributed by atoms with Crippen LogP contribution in [0.2, 0.25) is 0 Å². The molecule has 108 valence electrons. The molecular weight excluding hydrogens is 250 g/mol. The van der Waals surface area contributed by atoms with Gasteiger partial charge in [0.2, 0.25) is 0 Å². The Morgan fingerprint density at radius 3 is 2.70 bits per heavy atom. The molecule has 0 spiro atoms. The normalized spacial score (nSPS) is 26.2. The zero-order valence-electron chi connectivity index (χ0n) is 11.8. The summed E-state index contributed by atoms with van der Waals surface area (Å²) in [5.74, 6) is 5.83. The van der Waals surface area contributed by atoms with Crippen LogP contribution in [0.3, 0.4) is 0 Å². The highest BCUT2D eigenvalue weighted by atomic mass is 16.2. The second kappa shape index (κ2) is 5.94. The topological polar surface area (TPSA) is 58.4 Å². The molecule has 3 N–H and O–H groups in total. The van der Waals surface area contributed by atoms with Crippen molar-refractivity contribution < 1.29 is 4.79 Å². The average Bonchev–Trinajstić information content (AvgIpc) is 2.91. The van der Waals surface area contributed by atoms with E-state index in [0.717, 1.165) is 18.5 Å². The number of benzene rings is 1. The summed E-state index contributed by atoms with van der Waals surface area (Å²) < 4.78 is 0. The van der Waals surface area contributed by atoms with E-state index in [4.69, 9.17) is 5.84 Å². The van der Waals surface area contributed by atoms with Crippen molar-refractivity contribution >= 4 is 5.91 Å². The predicted octanol–water partition coefficient (Wildman–Crippen LogP) is 2.05. The lowest BCUT2D eigenvalue weighted by atomic mass is 9.85. The fourth-order valence-electron chi connectivity index (χ4n) is 3.78. The number of nitrogens with one attached hydrogen (secondary N) is 1. The van der Waals surface area contributed by atoms with Gasteiger partial charge in [-0.25, -0.2) is 5.84 Å². The molecule has 0 aromatic heterocycles. The Kier molecular flexibility index (Phi) is 4.03. The van der Waals surface area contributed by atoms with Gasteiger partial charge in [0.1, 0.15) is 0 Å². The zero-order valence-corrected chi connectivity index (χ0v) is 11.8. The Labute approximate surface area is 120 Å². The molecule has 3 rings (SSSR count). The van der Waals surface area contributed by atoms with Crippen LogP contribution in [0.25, 0.3) is 0 Å². The number of hydrazine groups is 1. The number of carbonyl (C=O) groups excluding carboxylic acids is 1. The molecule has 2 fully saturated rings. The Bertz CT molecular complexity index is 471. The lowest BCUT2D eigenvalue weighted by Gasteiger charge is -2.31. The van der Waals surface area contributed by atoms with Gasteiger partial charge in [0.25, 0.3) is 5.91 Å². The summed E-state index contributed by atoms with van der Waals surface area (Å²) in [6, 6.07) is 8.58. The second-order valence-corrected chi connectivity index (χ2v) is 6.04. The standard InChI is InChI=1S/C16H23N3O/c17-18-16(20)14-7-5-12(6-8-14)11-19-10-9-13-3-1-2-4-15(13)19/h5-8,13,15H,1-4,9-11,17H2,(H,18,20). The SMILES string of the molecule is NNC(=O)c1ccc(CN2CCC3CCCCC32)cc1. The molecule has 1 saturated heterocycles. The highest BCUT2D eigenvalue weighted by Crippen LogP contribution is 2.36. The first-order chi connectivity index (χ1) is 9.78. The van der Waals surface area contributed by atoms with Gasteiger partial charge in [0.15, 0.2) is 0 Å². The minimum Gasteiger partial charge on any atom is -0.296 e. The highest BCUT2D eigenvalue weighted by Gasteiger charge is 2.35. The molecule has 20 heavy (non-hydrogen) atoms. The van der Waals surface area contributed by atoms with Crippen LogP contribution in [-0.4, -0.2) is 23.4 Å². The third kappa shape index (κ3) is 2.72. The number of likely N-dealkylation sites (tertiary alicyclic amines) is 1. The summed E-state index contributed by atoms with van der Waals surface area (Å²) in [6.07, 6.45) is 6.93. The fraction of sp³-hybridized carbons (Fsp3) is 0.562. The van der Waals surface area contributed by atoms with E-state index in [1.165, 1.54) is 44.2 Å². The lowest BCUT2D eigenvalue weighted by molar-refractivity contribution is 0.0953. The van der Waals surface area contributed by atoms with E-state index >= 15 is 0 Å². The Hall–Kier alpha value is -1.39. The van der Waals surface area contributed by atoms with Crippen LogP contribution < -0.4 is 11.3 Å². The van der Waals surface area contributed by atoms with Crippen LogP contribution in [0.4, 0.5) is 0 Å². The van der Waals surface area contributed by atoms with E-state index in [-0.39, 0.29) is 5.91 Å². The third-order valence-electron chi connectivity index (χ3n) is 4.86. The summed E-state index contributed by atoms with van der Waals surface area (Å²) in [4.78, 5) is 14.0. The maximum Gasteiger partial charge on any atom is 0.265 e. The van der Waals surface area contributed by atoms with Crippen molar-refractivity contribution in [3.63, 3.8) is 0 Å². The number of amides is 1. The van der Waals surface area contributed by atoms with Crippen molar-refractivity contribution in [1.82, 2.24) is 10.3 Å². The van der Waals surface area contributed by atoms with Gasteiger partial charge in [0.05, 0.1) is 0 Å². The van der Waals surface area contributed by atoms with Crippen molar-refractivity contribution in [2.45, 2.75) is 44.7 Å². The third-order valence-corrected chi connectivity index (χ3v) is 4.86. The van der Waals surface area contributed by atoms with Gasteiger partial charge in [-0.15, -0.1) is 0 Å². The van der Waals surface area contributed by atoms with Crippen molar-refractivity contribution in [3.05, 3.63) is 35.4 Å². The molecule has 2 atom stereocenters. The van der Waals surface area contributed by atoms with E-state index < -0.39 is 0 Å². The van der Waals surface area contributed by atoms with Crippen LogP contribution in [0.1, 0.15) is 48.0 Å². The van der Waals surface area contributed by atoms with E-state index in [2.05, 4.69) is 10.3 Å². The van der Waals surface area contributed by atoms with Gasteiger partial charge in [-0.1, -0.05) is 25.0 Å². The number of nitrogen functional groups attached to an aromatic ring is 1. The van der Waals surface area contributed by atoms with Crippen molar-refractivity contribution in [1.29, 1.82) is 0 Å². The molecule has 4 nitrogen and oxygen atoms in total. The molecule has 2 aliphatic rings. The molecule has 1 aromatic rings. The first-order valence-electron chi connectivity index (χ1n) is 7.62. The molecule has 0 radical (unpaired) electrons.